The molecule has 1 heterocycles. The highest BCUT2D eigenvalue weighted by molar-refractivity contribution is 5.90. The highest BCUT2D eigenvalue weighted by Gasteiger charge is 2.26. The van der Waals surface area contributed by atoms with Crippen molar-refractivity contribution in [1.29, 1.82) is 0 Å². The van der Waals surface area contributed by atoms with E-state index < -0.39 is 6.04 Å². The molecule has 34 heavy (non-hydrogen) atoms. The van der Waals surface area contributed by atoms with Gasteiger partial charge in [-0.3, -0.25) is 9.59 Å². The van der Waals surface area contributed by atoms with E-state index >= 15 is 0 Å². The van der Waals surface area contributed by atoms with Crippen molar-refractivity contribution in [3.05, 3.63) is 90.4 Å². The van der Waals surface area contributed by atoms with E-state index in [0.717, 1.165) is 27.6 Å². The minimum Gasteiger partial charge on any atom is -0.345 e. The van der Waals surface area contributed by atoms with E-state index in [1.165, 1.54) is 0 Å². The predicted octanol–water partition coefficient (Wildman–Crippen LogP) is 4.79. The summed E-state index contributed by atoms with van der Waals surface area (Å²) in [5.41, 5.74) is 2.83. The predicted molar refractivity (Wildman–Crippen MR) is 135 cm³/mol. The fourth-order valence-electron chi connectivity index (χ4n) is 3.99. The Bertz CT molecular complexity index is 1280. The Morgan fingerprint density at radius 2 is 1.59 bits per heavy atom. The van der Waals surface area contributed by atoms with Crippen LogP contribution in [0.5, 0.6) is 0 Å². The number of fused-ring (bicyclic) bond motifs is 1. The van der Waals surface area contributed by atoms with Crippen molar-refractivity contribution < 1.29 is 9.59 Å². The highest BCUT2D eigenvalue weighted by atomic mass is 16.2. The van der Waals surface area contributed by atoms with E-state index in [2.05, 4.69) is 20.6 Å². The summed E-state index contributed by atoms with van der Waals surface area (Å²) in [6, 6.07) is 23.0. The zero-order chi connectivity index (χ0) is 24.1. The van der Waals surface area contributed by atoms with Crippen molar-refractivity contribution >= 4 is 22.6 Å². The molecule has 0 spiro atoms. The summed E-state index contributed by atoms with van der Waals surface area (Å²) >= 11 is 0. The van der Waals surface area contributed by atoms with E-state index in [0.29, 0.717) is 5.82 Å². The van der Waals surface area contributed by atoms with Crippen molar-refractivity contribution in [3.63, 3.8) is 0 Å². The molecule has 0 radical (unpaired) electrons. The molecular weight excluding hydrogens is 424 g/mol. The van der Waals surface area contributed by atoms with Gasteiger partial charge in [0.05, 0.1) is 24.4 Å². The van der Waals surface area contributed by atoms with Crippen LogP contribution in [0.1, 0.15) is 38.2 Å². The number of nitrogens with zero attached hydrogens (tertiary/aromatic N) is 1. The molecule has 0 bridgehead atoms. The number of hydrogen-bond donors (Lipinski definition) is 3. The van der Waals surface area contributed by atoms with Gasteiger partial charge < -0.3 is 15.6 Å². The fourth-order valence-corrected chi connectivity index (χ4v) is 3.99. The molecule has 2 amide bonds. The summed E-state index contributed by atoms with van der Waals surface area (Å²) in [4.78, 5) is 33.5. The summed E-state index contributed by atoms with van der Waals surface area (Å²) in [5, 5.41) is 8.13. The van der Waals surface area contributed by atoms with E-state index in [4.69, 9.17) is 0 Å². The van der Waals surface area contributed by atoms with Gasteiger partial charge in [-0.15, -0.1) is 0 Å². The van der Waals surface area contributed by atoms with Gasteiger partial charge in [0, 0.05) is 0 Å². The molecule has 6 nitrogen and oxygen atoms in total. The first-order valence-corrected chi connectivity index (χ1v) is 11.6. The first-order chi connectivity index (χ1) is 16.4. The van der Waals surface area contributed by atoms with Crippen molar-refractivity contribution in [1.82, 2.24) is 20.6 Å². The molecule has 3 aromatic carbocycles. The molecule has 0 aliphatic carbocycles. The summed E-state index contributed by atoms with van der Waals surface area (Å²) in [5.74, 6) is 0.189. The maximum atomic E-state index is 13.0. The second-order valence-electron chi connectivity index (χ2n) is 8.93. The maximum Gasteiger partial charge on any atom is 0.243 e. The van der Waals surface area contributed by atoms with Crippen LogP contribution in [-0.4, -0.2) is 27.8 Å². The third kappa shape index (κ3) is 5.52. The van der Waals surface area contributed by atoms with Crippen molar-refractivity contribution in [2.24, 2.45) is 5.92 Å². The molecule has 1 aromatic heterocycles. The number of carbonyl (C=O) groups is 2. The SMILES string of the molecule is CC(NC(=O)C(NC(=O)Cc1ccc2ccccc2c1)C(C)C)c1ncc(-c2ccccc2)[nH]1. The van der Waals surface area contributed by atoms with Crippen molar-refractivity contribution in [3.8, 4) is 11.3 Å². The average Bonchev–Trinajstić information content (AvgIpc) is 3.33. The number of amides is 2. The van der Waals surface area contributed by atoms with E-state index in [1.54, 1.807) is 6.20 Å². The molecule has 2 atom stereocenters. The quantitative estimate of drug-likeness (QED) is 0.358. The maximum absolute atomic E-state index is 13.0. The molecule has 0 saturated carbocycles. The lowest BCUT2D eigenvalue weighted by Gasteiger charge is -2.23. The van der Waals surface area contributed by atoms with E-state index in [9.17, 15) is 9.59 Å². The van der Waals surface area contributed by atoms with Crippen LogP contribution in [0.3, 0.4) is 0 Å². The van der Waals surface area contributed by atoms with Crippen LogP contribution in [0.25, 0.3) is 22.0 Å². The fraction of sp³-hybridized carbons (Fsp3) is 0.250. The molecule has 0 aliphatic rings. The third-order valence-electron chi connectivity index (χ3n) is 5.89. The van der Waals surface area contributed by atoms with Crippen LogP contribution in [0.4, 0.5) is 0 Å². The number of rotatable bonds is 8. The topological polar surface area (TPSA) is 86.9 Å². The average molecular weight is 455 g/mol. The monoisotopic (exact) mass is 454 g/mol. The Morgan fingerprint density at radius 1 is 0.882 bits per heavy atom. The molecule has 2 unspecified atom stereocenters. The van der Waals surface area contributed by atoms with Gasteiger partial charge in [-0.2, -0.15) is 0 Å². The lowest BCUT2D eigenvalue weighted by Crippen LogP contribution is -2.50. The number of hydrogen-bond acceptors (Lipinski definition) is 3. The van der Waals surface area contributed by atoms with Crippen LogP contribution >= 0.6 is 0 Å². The summed E-state index contributed by atoms with van der Waals surface area (Å²) in [6.45, 7) is 5.72. The van der Waals surface area contributed by atoms with Crippen LogP contribution in [0.15, 0.2) is 79.0 Å². The second kappa shape index (κ2) is 10.3. The molecular formula is C28H30N4O2. The van der Waals surface area contributed by atoms with Crippen LogP contribution in [-0.2, 0) is 16.0 Å². The molecule has 0 fully saturated rings. The third-order valence-corrected chi connectivity index (χ3v) is 5.89. The van der Waals surface area contributed by atoms with Gasteiger partial charge in [-0.05, 0) is 34.7 Å². The lowest BCUT2D eigenvalue weighted by atomic mass is 10.0. The molecule has 4 aromatic rings. The molecule has 4 rings (SSSR count). The lowest BCUT2D eigenvalue weighted by molar-refractivity contribution is -0.130. The first kappa shape index (κ1) is 23.2. The number of carbonyl (C=O) groups excluding carboxylic acids is 2. The van der Waals surface area contributed by atoms with E-state index in [1.807, 2.05) is 93.6 Å². The molecule has 174 valence electrons. The molecule has 3 N–H and O–H groups in total. The Kier molecular flexibility index (Phi) is 7.07. The van der Waals surface area contributed by atoms with Crippen LogP contribution in [0.2, 0.25) is 0 Å². The Labute approximate surface area is 199 Å². The van der Waals surface area contributed by atoms with Crippen molar-refractivity contribution in [2.75, 3.05) is 0 Å². The number of aromatic nitrogens is 2. The normalized spacial score (nSPS) is 12.9. The Hall–Kier alpha value is -3.93. The zero-order valence-corrected chi connectivity index (χ0v) is 19.7. The standard InChI is InChI=1S/C28H30N4O2/c1-18(2)26(32-25(33)16-20-13-14-21-9-7-8-12-23(21)15-20)28(34)30-19(3)27-29-17-24(31-27)22-10-5-4-6-11-22/h4-15,17-19,26H,16H2,1-3H3,(H,29,31)(H,30,34)(H,32,33). The second-order valence-corrected chi connectivity index (χ2v) is 8.93. The highest BCUT2D eigenvalue weighted by Crippen LogP contribution is 2.19. The van der Waals surface area contributed by atoms with Gasteiger partial charge in [0.1, 0.15) is 11.9 Å². The van der Waals surface area contributed by atoms with Crippen LogP contribution < -0.4 is 10.6 Å². The minimum absolute atomic E-state index is 0.0655. The molecule has 0 saturated heterocycles. The van der Waals surface area contributed by atoms with Gasteiger partial charge in [0.15, 0.2) is 0 Å². The summed E-state index contributed by atoms with van der Waals surface area (Å²) in [6.07, 6.45) is 1.98. The Morgan fingerprint density at radius 3 is 2.32 bits per heavy atom. The number of nitrogens with one attached hydrogen (secondary N) is 3. The van der Waals surface area contributed by atoms with Crippen molar-refractivity contribution in [2.45, 2.75) is 39.3 Å². The number of benzene rings is 3. The van der Waals surface area contributed by atoms with Gasteiger partial charge in [-0.1, -0.05) is 86.6 Å². The van der Waals surface area contributed by atoms with Gasteiger partial charge in [-0.25, -0.2) is 4.98 Å². The van der Waals surface area contributed by atoms with Gasteiger partial charge >= 0.3 is 0 Å². The van der Waals surface area contributed by atoms with Gasteiger partial charge in [0.25, 0.3) is 0 Å². The van der Waals surface area contributed by atoms with Gasteiger partial charge in [0.2, 0.25) is 11.8 Å². The summed E-state index contributed by atoms with van der Waals surface area (Å²) in [7, 11) is 0. The number of H-pyrrole nitrogens is 1. The largest absolute Gasteiger partial charge is 0.345 e. The Balaban J connectivity index is 1.38. The van der Waals surface area contributed by atoms with Crippen LogP contribution in [0, 0.1) is 5.92 Å². The molecule has 6 heteroatoms. The number of aromatic amines is 1. The first-order valence-electron chi connectivity index (χ1n) is 11.6. The zero-order valence-electron chi connectivity index (χ0n) is 19.7. The van der Waals surface area contributed by atoms with E-state index in [-0.39, 0.29) is 30.2 Å². The number of imidazole rings is 1. The summed E-state index contributed by atoms with van der Waals surface area (Å²) < 4.78 is 0. The molecule has 0 aliphatic heterocycles. The minimum atomic E-state index is -0.640. The smallest absolute Gasteiger partial charge is 0.243 e.